The molecule has 54 heavy (non-hydrogen) atoms. The molecule has 4 rings (SSSR count). The van der Waals surface area contributed by atoms with E-state index >= 15 is 0 Å². The summed E-state index contributed by atoms with van der Waals surface area (Å²) < 4.78 is 21.8. The quantitative estimate of drug-likeness (QED) is 0.104. The number of esters is 1. The Bertz CT molecular complexity index is 1710. The van der Waals surface area contributed by atoms with Crippen LogP contribution in [-0.4, -0.2) is 84.5 Å². The van der Waals surface area contributed by atoms with E-state index in [0.29, 0.717) is 46.2 Å². The summed E-state index contributed by atoms with van der Waals surface area (Å²) in [6.45, 7) is 11.1. The second kappa shape index (κ2) is 18.1. The second-order valence-electron chi connectivity index (χ2n) is 15.4. The van der Waals surface area contributed by atoms with Gasteiger partial charge in [-0.2, -0.15) is 0 Å². The molecule has 2 heterocycles. The van der Waals surface area contributed by atoms with Crippen molar-refractivity contribution >= 4 is 70.5 Å². The van der Waals surface area contributed by atoms with Crippen molar-refractivity contribution < 1.29 is 47.9 Å². The summed E-state index contributed by atoms with van der Waals surface area (Å²) >= 11 is 26.3. The van der Waals surface area contributed by atoms with Crippen molar-refractivity contribution in [1.29, 1.82) is 0 Å². The number of amides is 2. The molecule has 12 nitrogen and oxygen atoms in total. The number of benzene rings is 2. The Labute approximate surface area is 336 Å². The molecule has 0 bridgehead atoms. The predicted octanol–water partition coefficient (Wildman–Crippen LogP) is 9.77. The molecule has 4 atom stereocenters. The highest BCUT2D eigenvalue weighted by Gasteiger charge is 2.40. The second-order valence-corrected chi connectivity index (χ2v) is 16.9. The van der Waals surface area contributed by atoms with Crippen LogP contribution in [0.5, 0.6) is 11.5 Å². The molecule has 16 heteroatoms. The average molecular weight is 835 g/mol. The molecule has 2 aliphatic rings. The van der Waals surface area contributed by atoms with Crippen LogP contribution in [0.25, 0.3) is 0 Å². The maximum Gasteiger partial charge on any atom is 0.410 e. The van der Waals surface area contributed by atoms with Crippen LogP contribution in [0.2, 0.25) is 20.1 Å². The van der Waals surface area contributed by atoms with Crippen molar-refractivity contribution in [3.63, 3.8) is 0 Å². The van der Waals surface area contributed by atoms with Gasteiger partial charge in [-0.3, -0.25) is 14.6 Å². The number of rotatable bonds is 9. The van der Waals surface area contributed by atoms with Crippen LogP contribution >= 0.6 is 46.4 Å². The minimum Gasteiger partial charge on any atom is -0.496 e. The summed E-state index contributed by atoms with van der Waals surface area (Å²) in [5, 5.41) is 1.11. The highest BCUT2D eigenvalue weighted by Crippen LogP contribution is 2.46. The molecule has 2 amide bonds. The van der Waals surface area contributed by atoms with Crippen LogP contribution in [0.4, 0.5) is 9.59 Å². The van der Waals surface area contributed by atoms with Gasteiger partial charge in [0.25, 0.3) is 0 Å². The Morgan fingerprint density at radius 2 is 1.09 bits per heavy atom. The van der Waals surface area contributed by atoms with Crippen LogP contribution in [0, 0.1) is 0 Å². The van der Waals surface area contributed by atoms with Gasteiger partial charge in [0, 0.05) is 36.3 Å². The van der Waals surface area contributed by atoms with Crippen LogP contribution in [0.1, 0.15) is 103 Å². The van der Waals surface area contributed by atoms with E-state index in [2.05, 4.69) is 0 Å². The molecule has 2 aromatic rings. The summed E-state index contributed by atoms with van der Waals surface area (Å²) in [7, 11) is 2.81. The van der Waals surface area contributed by atoms with E-state index in [1.807, 2.05) is 0 Å². The third-order valence-corrected chi connectivity index (χ3v) is 10.8. The fourth-order valence-corrected chi connectivity index (χ4v) is 7.79. The van der Waals surface area contributed by atoms with E-state index in [9.17, 15) is 19.2 Å². The number of piperidine rings is 2. The average Bonchev–Trinajstić information content (AvgIpc) is 3.08. The third kappa shape index (κ3) is 11.1. The van der Waals surface area contributed by atoms with Crippen LogP contribution < -0.4 is 9.62 Å². The topological polar surface area (TPSA) is 130 Å². The molecule has 0 N–H and O–H groups in total. The number of carbonyl (C=O) groups excluding carboxylic acids is 4. The lowest BCUT2D eigenvalue weighted by atomic mass is 9.83. The lowest BCUT2D eigenvalue weighted by Gasteiger charge is -2.40. The largest absolute Gasteiger partial charge is 0.496 e. The Morgan fingerprint density at radius 1 is 0.667 bits per heavy atom. The Balaban J connectivity index is 1.56. The van der Waals surface area contributed by atoms with Crippen molar-refractivity contribution in [1.82, 2.24) is 9.80 Å². The minimum absolute atomic E-state index is 0.0849. The van der Waals surface area contributed by atoms with E-state index in [1.54, 1.807) is 53.7 Å². The normalized spacial score (nSPS) is 20.5. The van der Waals surface area contributed by atoms with Gasteiger partial charge < -0.3 is 28.7 Å². The highest BCUT2D eigenvalue weighted by molar-refractivity contribution is 6.43. The van der Waals surface area contributed by atoms with Gasteiger partial charge in [-0.15, -0.1) is 0 Å². The number of halogens is 4. The van der Waals surface area contributed by atoms with Gasteiger partial charge in [0.05, 0.1) is 47.2 Å². The van der Waals surface area contributed by atoms with Gasteiger partial charge in [-0.1, -0.05) is 46.4 Å². The third-order valence-electron chi connectivity index (χ3n) is 9.17. The predicted molar refractivity (Wildman–Crippen MR) is 205 cm³/mol. The maximum atomic E-state index is 13.5. The number of carbonyl (C=O) groups is 4. The first kappa shape index (κ1) is 43.4. The monoisotopic (exact) mass is 832 g/mol. The van der Waals surface area contributed by atoms with Crippen molar-refractivity contribution in [3.05, 3.63) is 55.5 Å². The molecule has 0 aromatic heterocycles. The first-order chi connectivity index (χ1) is 25.2. The lowest BCUT2D eigenvalue weighted by molar-refractivity contribution is -0.215. The standard InChI is InChI=1S/C38H48Cl4N2O10/c1-37(2,3)51-35(47)43-16-14-22(18-23(43)19-29(45)50-8)32-28(12-10-26(40)34(32)42)53-54-30(46)20-24-17-21(13-15-44(24)36(48)52-38(4,5)6)31-27(49-7)11-9-25(39)33(31)41/h9-12,21-24H,13-20H2,1-8H3/t21-,22-,23+,24+/m0/s1. The van der Waals surface area contributed by atoms with Crippen LogP contribution in [-0.2, 0) is 28.7 Å². The zero-order valence-electron chi connectivity index (χ0n) is 31.8. The smallest absolute Gasteiger partial charge is 0.410 e. The number of nitrogens with zero attached hydrogens (tertiary/aromatic N) is 2. The fourth-order valence-electron chi connectivity index (χ4n) is 6.84. The zero-order chi connectivity index (χ0) is 40.1. The summed E-state index contributed by atoms with van der Waals surface area (Å²) in [6.07, 6.45) is 0.0528. The lowest BCUT2D eigenvalue weighted by Crippen LogP contribution is -2.48. The first-order valence-corrected chi connectivity index (χ1v) is 19.2. The summed E-state index contributed by atoms with van der Waals surface area (Å²) in [6, 6.07) is 5.16. The molecule has 2 saturated heterocycles. The molecule has 0 aliphatic carbocycles. The van der Waals surface area contributed by atoms with E-state index in [0.717, 1.165) is 0 Å². The van der Waals surface area contributed by atoms with Crippen LogP contribution in [0.15, 0.2) is 24.3 Å². The summed E-state index contributed by atoms with van der Waals surface area (Å²) in [5.74, 6) is -1.17. The van der Waals surface area contributed by atoms with Crippen LogP contribution in [0.3, 0.4) is 0 Å². The van der Waals surface area contributed by atoms with E-state index in [1.165, 1.54) is 36.2 Å². The summed E-state index contributed by atoms with van der Waals surface area (Å²) in [4.78, 5) is 66.6. The Hall–Kier alpha value is -3.32. The molecular formula is C38H48Cl4N2O10. The minimum atomic E-state index is -0.773. The van der Waals surface area contributed by atoms with E-state index in [4.69, 9.17) is 75.1 Å². The first-order valence-electron chi connectivity index (χ1n) is 17.7. The molecule has 0 saturated carbocycles. The number of likely N-dealkylation sites (tertiary alicyclic amines) is 2. The van der Waals surface area contributed by atoms with Gasteiger partial charge in [0.2, 0.25) is 0 Å². The van der Waals surface area contributed by atoms with Crippen molar-refractivity contribution in [3.8, 4) is 11.5 Å². The summed E-state index contributed by atoms with van der Waals surface area (Å²) in [5.41, 5.74) is -0.381. The zero-order valence-corrected chi connectivity index (χ0v) is 34.8. The van der Waals surface area contributed by atoms with Crippen molar-refractivity contribution in [2.45, 2.75) is 115 Å². The molecule has 298 valence electrons. The van der Waals surface area contributed by atoms with Crippen molar-refractivity contribution in [2.24, 2.45) is 0 Å². The number of methoxy groups -OCH3 is 2. The Kier molecular flexibility index (Phi) is 14.5. The van der Waals surface area contributed by atoms with Gasteiger partial charge in [-0.05, 0) is 103 Å². The molecule has 0 spiro atoms. The number of hydrogen-bond donors (Lipinski definition) is 0. The van der Waals surface area contributed by atoms with E-state index < -0.39 is 47.4 Å². The molecule has 2 aliphatic heterocycles. The van der Waals surface area contributed by atoms with Gasteiger partial charge in [0.1, 0.15) is 17.0 Å². The highest BCUT2D eigenvalue weighted by atomic mass is 35.5. The maximum absolute atomic E-state index is 13.5. The van der Waals surface area contributed by atoms with Gasteiger partial charge >= 0.3 is 24.1 Å². The number of hydrogen-bond acceptors (Lipinski definition) is 10. The van der Waals surface area contributed by atoms with Crippen molar-refractivity contribution in [2.75, 3.05) is 27.3 Å². The molecule has 2 fully saturated rings. The molecule has 2 aromatic carbocycles. The molecule has 0 radical (unpaired) electrons. The van der Waals surface area contributed by atoms with E-state index in [-0.39, 0.29) is 60.0 Å². The van der Waals surface area contributed by atoms with Gasteiger partial charge in [-0.25, -0.2) is 14.4 Å². The number of ether oxygens (including phenoxy) is 4. The molecule has 0 unspecified atom stereocenters. The van der Waals surface area contributed by atoms with Gasteiger partial charge in [0.15, 0.2) is 5.75 Å². The fraction of sp³-hybridized carbons (Fsp3) is 0.579. The molecular weight excluding hydrogens is 786 g/mol. The SMILES string of the molecule is COC(=O)C[C@H]1C[C@@H](c2c(OOC(=O)C[C@H]3C[C@@H](c4c(OC)ccc(Cl)c4Cl)CCN3C(=O)OC(C)(C)C)ccc(Cl)c2Cl)CCN1C(=O)OC(C)(C)C. The Morgan fingerprint density at radius 3 is 1.52 bits per heavy atom.